The van der Waals surface area contributed by atoms with Crippen LogP contribution < -0.4 is 0 Å². The first-order valence-corrected chi connectivity index (χ1v) is 8.76. The summed E-state index contributed by atoms with van der Waals surface area (Å²) in [5, 5.41) is 0. The molecule has 0 amide bonds. The van der Waals surface area contributed by atoms with E-state index in [4.69, 9.17) is 4.74 Å². The molecule has 1 heterocycles. The van der Waals surface area contributed by atoms with Gasteiger partial charge in [-0.05, 0) is 34.9 Å². The summed E-state index contributed by atoms with van der Waals surface area (Å²) in [4.78, 5) is 4.12. The number of halogens is 5. The minimum Gasteiger partial charge on any atom is -0.475 e. The lowest BCUT2D eigenvalue weighted by Gasteiger charge is -2.16. The van der Waals surface area contributed by atoms with Crippen LogP contribution in [-0.4, -0.2) is 12.5 Å². The molecule has 0 saturated carbocycles. The molecule has 3 aromatic rings. The molecule has 2 nitrogen and oxygen atoms in total. The maximum Gasteiger partial charge on any atom is 0.417 e. The van der Waals surface area contributed by atoms with E-state index in [-0.39, 0.29) is 23.6 Å². The van der Waals surface area contributed by atoms with Crippen LogP contribution in [0.2, 0.25) is 0 Å². The highest BCUT2D eigenvalue weighted by atomic mass is 19.4. The zero-order chi connectivity index (χ0) is 20.6. The predicted octanol–water partition coefficient (Wildman–Crippen LogP) is 6.17. The Bertz CT molecular complexity index is 1060. The Labute approximate surface area is 163 Å². The van der Waals surface area contributed by atoms with Crippen molar-refractivity contribution in [3.8, 4) is 11.1 Å². The smallest absolute Gasteiger partial charge is 0.417 e. The van der Waals surface area contributed by atoms with Gasteiger partial charge in [0.25, 0.3) is 0 Å². The third-order valence-electron chi connectivity index (χ3n) is 4.65. The lowest BCUT2D eigenvalue weighted by atomic mass is 9.95. The van der Waals surface area contributed by atoms with Crippen LogP contribution in [-0.2, 0) is 10.9 Å². The van der Waals surface area contributed by atoms with Crippen LogP contribution in [0.1, 0.15) is 22.7 Å². The molecule has 1 aliphatic heterocycles. The van der Waals surface area contributed by atoms with Crippen LogP contribution in [0.4, 0.5) is 22.0 Å². The molecule has 0 fully saturated rings. The monoisotopic (exact) mass is 403 g/mol. The van der Waals surface area contributed by atoms with E-state index < -0.39 is 35.0 Å². The third-order valence-corrected chi connectivity index (χ3v) is 4.65. The summed E-state index contributed by atoms with van der Waals surface area (Å²) in [5.41, 5.74) is -0.491. The van der Waals surface area contributed by atoms with E-state index in [1.165, 1.54) is 18.2 Å². The Kier molecular flexibility index (Phi) is 4.82. The molecule has 148 valence electrons. The fourth-order valence-electron chi connectivity index (χ4n) is 3.26. The molecule has 1 atom stereocenters. The van der Waals surface area contributed by atoms with Crippen molar-refractivity contribution in [3.05, 3.63) is 95.1 Å². The molecule has 1 unspecified atom stereocenters. The molecule has 0 bridgehead atoms. The van der Waals surface area contributed by atoms with Gasteiger partial charge in [0, 0.05) is 0 Å². The van der Waals surface area contributed by atoms with Crippen molar-refractivity contribution >= 4 is 5.90 Å². The number of ether oxygens (including phenoxy) is 1. The number of hydrogen-bond donors (Lipinski definition) is 0. The standard InChI is InChI=1S/C22H14F5NO/c23-17-7-4-8-18(24)20(17)21-28-19(12-29-21)14-9-10-15(13-5-2-1-3-6-13)16(11-14)22(25,26)27/h1-11,19H,12H2. The summed E-state index contributed by atoms with van der Waals surface area (Å²) in [7, 11) is 0. The highest BCUT2D eigenvalue weighted by Gasteiger charge is 2.35. The highest BCUT2D eigenvalue weighted by molar-refractivity contribution is 5.95. The lowest BCUT2D eigenvalue weighted by Crippen LogP contribution is -2.09. The number of nitrogens with zero attached hydrogens (tertiary/aromatic N) is 1. The van der Waals surface area contributed by atoms with Crippen LogP contribution in [0.5, 0.6) is 0 Å². The summed E-state index contributed by atoms with van der Waals surface area (Å²) in [6.07, 6.45) is -4.58. The van der Waals surface area contributed by atoms with Crippen LogP contribution in [0.15, 0.2) is 71.7 Å². The normalized spacial score (nSPS) is 16.4. The van der Waals surface area contributed by atoms with Crippen LogP contribution in [0, 0.1) is 11.6 Å². The summed E-state index contributed by atoms with van der Waals surface area (Å²) in [5.74, 6) is -1.95. The van der Waals surface area contributed by atoms with Crippen molar-refractivity contribution in [3.63, 3.8) is 0 Å². The van der Waals surface area contributed by atoms with Gasteiger partial charge in [-0.15, -0.1) is 0 Å². The first kappa shape index (κ1) is 19.1. The molecule has 1 aliphatic rings. The van der Waals surface area contributed by atoms with Crippen molar-refractivity contribution in [2.24, 2.45) is 4.99 Å². The molecule has 0 aromatic heterocycles. The quantitative estimate of drug-likeness (QED) is 0.480. The van der Waals surface area contributed by atoms with Crippen LogP contribution >= 0.6 is 0 Å². The average Bonchev–Trinajstić information content (AvgIpc) is 3.17. The fraction of sp³-hybridized carbons (Fsp3) is 0.136. The van der Waals surface area contributed by atoms with Crippen LogP contribution in [0.25, 0.3) is 11.1 Å². The second-order valence-corrected chi connectivity index (χ2v) is 6.53. The van der Waals surface area contributed by atoms with E-state index in [1.54, 1.807) is 30.3 Å². The van der Waals surface area contributed by atoms with Crippen LogP contribution in [0.3, 0.4) is 0 Å². The Morgan fingerprint density at radius 1 is 0.862 bits per heavy atom. The maximum atomic E-state index is 13.9. The number of hydrogen-bond acceptors (Lipinski definition) is 2. The fourth-order valence-corrected chi connectivity index (χ4v) is 3.26. The van der Waals surface area contributed by atoms with E-state index in [0.29, 0.717) is 5.56 Å². The number of rotatable bonds is 3. The molecule has 3 aromatic carbocycles. The van der Waals surface area contributed by atoms with Gasteiger partial charge >= 0.3 is 6.18 Å². The molecular formula is C22H14F5NO. The average molecular weight is 403 g/mol. The third kappa shape index (κ3) is 3.72. The van der Waals surface area contributed by atoms with Gasteiger partial charge in [-0.25, -0.2) is 13.8 Å². The Hall–Kier alpha value is -3.22. The lowest BCUT2D eigenvalue weighted by molar-refractivity contribution is -0.137. The van der Waals surface area contributed by atoms with Gasteiger partial charge in [0.2, 0.25) is 5.90 Å². The van der Waals surface area contributed by atoms with Crippen molar-refractivity contribution < 1.29 is 26.7 Å². The summed E-state index contributed by atoms with van der Waals surface area (Å²) in [6, 6.07) is 14.7. The Morgan fingerprint density at radius 3 is 2.21 bits per heavy atom. The Morgan fingerprint density at radius 2 is 1.55 bits per heavy atom. The van der Waals surface area contributed by atoms with Gasteiger partial charge in [0.1, 0.15) is 29.8 Å². The summed E-state index contributed by atoms with van der Waals surface area (Å²) in [6.45, 7) is -0.106. The minimum atomic E-state index is -4.58. The van der Waals surface area contributed by atoms with Crippen molar-refractivity contribution in [2.75, 3.05) is 6.61 Å². The van der Waals surface area contributed by atoms with E-state index in [1.807, 2.05) is 0 Å². The zero-order valence-corrected chi connectivity index (χ0v) is 14.9. The molecule has 0 aliphatic carbocycles. The second-order valence-electron chi connectivity index (χ2n) is 6.53. The topological polar surface area (TPSA) is 21.6 Å². The Balaban J connectivity index is 1.74. The molecular weight excluding hydrogens is 389 g/mol. The minimum absolute atomic E-state index is 0.0464. The van der Waals surface area contributed by atoms with Gasteiger partial charge < -0.3 is 4.74 Å². The van der Waals surface area contributed by atoms with Crippen molar-refractivity contribution in [1.29, 1.82) is 0 Å². The SMILES string of the molecule is Fc1cccc(F)c1C1=NC(c2ccc(-c3ccccc3)c(C(F)(F)F)c2)CO1. The largest absolute Gasteiger partial charge is 0.475 e. The molecule has 0 saturated heterocycles. The van der Waals surface area contributed by atoms with E-state index in [9.17, 15) is 22.0 Å². The summed E-state index contributed by atoms with van der Waals surface area (Å²) < 4.78 is 74.2. The number of alkyl halides is 3. The first-order chi connectivity index (χ1) is 13.8. The molecule has 7 heteroatoms. The highest BCUT2D eigenvalue weighted by Crippen LogP contribution is 2.39. The number of benzene rings is 3. The van der Waals surface area contributed by atoms with E-state index in [0.717, 1.165) is 18.2 Å². The molecule has 0 radical (unpaired) electrons. The van der Waals surface area contributed by atoms with E-state index >= 15 is 0 Å². The summed E-state index contributed by atoms with van der Waals surface area (Å²) >= 11 is 0. The van der Waals surface area contributed by atoms with Gasteiger partial charge in [-0.1, -0.05) is 48.5 Å². The maximum absolute atomic E-state index is 13.9. The number of aliphatic imine (C=N–C) groups is 1. The van der Waals surface area contributed by atoms with Crippen molar-refractivity contribution in [1.82, 2.24) is 0 Å². The predicted molar refractivity (Wildman–Crippen MR) is 98.5 cm³/mol. The molecule has 0 N–H and O–H groups in total. The van der Waals surface area contributed by atoms with Gasteiger partial charge in [0.15, 0.2) is 0 Å². The van der Waals surface area contributed by atoms with Crippen molar-refractivity contribution in [2.45, 2.75) is 12.2 Å². The van der Waals surface area contributed by atoms with Gasteiger partial charge in [-0.2, -0.15) is 13.2 Å². The zero-order valence-electron chi connectivity index (χ0n) is 14.9. The molecule has 4 rings (SSSR count). The molecule has 0 spiro atoms. The van der Waals surface area contributed by atoms with E-state index in [2.05, 4.69) is 4.99 Å². The molecule has 29 heavy (non-hydrogen) atoms. The van der Waals surface area contributed by atoms with Gasteiger partial charge in [-0.3, -0.25) is 0 Å². The van der Waals surface area contributed by atoms with Gasteiger partial charge in [0.05, 0.1) is 5.56 Å². The first-order valence-electron chi connectivity index (χ1n) is 8.76. The second kappa shape index (κ2) is 7.31.